The molecule has 1 atom stereocenters. The van der Waals surface area contributed by atoms with E-state index in [9.17, 15) is 0 Å². The second-order valence-electron chi connectivity index (χ2n) is 5.24. The average molecular weight is 287 g/mol. The van der Waals surface area contributed by atoms with E-state index in [1.807, 2.05) is 19.3 Å². The molecule has 0 spiro atoms. The van der Waals surface area contributed by atoms with E-state index >= 15 is 0 Å². The van der Waals surface area contributed by atoms with Crippen LogP contribution in [0.25, 0.3) is 5.69 Å². The molecule has 2 aromatic rings. The van der Waals surface area contributed by atoms with Crippen LogP contribution in [-0.4, -0.2) is 35.6 Å². The van der Waals surface area contributed by atoms with E-state index in [4.69, 9.17) is 9.47 Å². The summed E-state index contributed by atoms with van der Waals surface area (Å²) in [6.45, 7) is 6.25. The molecule has 112 valence electrons. The van der Waals surface area contributed by atoms with Gasteiger partial charge in [-0.25, -0.2) is 4.98 Å². The molecule has 2 heterocycles. The number of nitrogens with one attached hydrogen (secondary N) is 1. The minimum atomic E-state index is -0.111. The third-order valence-corrected chi connectivity index (χ3v) is 3.78. The van der Waals surface area contributed by atoms with Crippen LogP contribution in [0.5, 0.6) is 0 Å². The largest absolute Gasteiger partial charge is 0.349 e. The van der Waals surface area contributed by atoms with Gasteiger partial charge < -0.3 is 19.4 Å². The first-order chi connectivity index (χ1) is 10.2. The van der Waals surface area contributed by atoms with Gasteiger partial charge in [-0.3, -0.25) is 0 Å². The molecule has 1 aliphatic rings. The van der Waals surface area contributed by atoms with Gasteiger partial charge in [0.25, 0.3) is 0 Å². The Balaban J connectivity index is 1.62. The molecule has 1 aromatic heterocycles. The van der Waals surface area contributed by atoms with Gasteiger partial charge >= 0.3 is 0 Å². The summed E-state index contributed by atoms with van der Waals surface area (Å²) in [4.78, 5) is 4.25. The Morgan fingerprint density at radius 2 is 2.00 bits per heavy atom. The maximum atomic E-state index is 5.43. The number of rotatable bonds is 5. The van der Waals surface area contributed by atoms with Crippen LogP contribution < -0.4 is 5.32 Å². The van der Waals surface area contributed by atoms with E-state index in [0.29, 0.717) is 19.8 Å². The Morgan fingerprint density at radius 3 is 2.62 bits per heavy atom. The monoisotopic (exact) mass is 287 g/mol. The average Bonchev–Trinajstić information content (AvgIpc) is 3.16. The van der Waals surface area contributed by atoms with Crippen molar-refractivity contribution in [2.75, 3.05) is 19.8 Å². The highest BCUT2D eigenvalue weighted by Crippen LogP contribution is 2.17. The lowest BCUT2D eigenvalue weighted by molar-refractivity contribution is -0.0403. The van der Waals surface area contributed by atoms with Crippen LogP contribution in [0.4, 0.5) is 0 Å². The second kappa shape index (κ2) is 6.39. The molecule has 1 aliphatic heterocycles. The van der Waals surface area contributed by atoms with Crippen LogP contribution in [0.1, 0.15) is 24.4 Å². The fourth-order valence-corrected chi connectivity index (χ4v) is 2.49. The molecule has 1 saturated heterocycles. The van der Waals surface area contributed by atoms with Crippen LogP contribution in [0, 0.1) is 6.92 Å². The number of hydrogen-bond acceptors (Lipinski definition) is 4. The van der Waals surface area contributed by atoms with Gasteiger partial charge in [-0.2, -0.15) is 0 Å². The molecule has 1 unspecified atom stereocenters. The van der Waals surface area contributed by atoms with Crippen molar-refractivity contribution in [3.05, 3.63) is 48.0 Å². The zero-order valence-electron chi connectivity index (χ0n) is 12.5. The summed E-state index contributed by atoms with van der Waals surface area (Å²) in [7, 11) is 0. The van der Waals surface area contributed by atoms with Gasteiger partial charge in [-0.1, -0.05) is 12.1 Å². The zero-order chi connectivity index (χ0) is 14.7. The smallest absolute Gasteiger partial charge is 0.170 e. The van der Waals surface area contributed by atoms with Crippen molar-refractivity contribution < 1.29 is 9.47 Å². The van der Waals surface area contributed by atoms with Gasteiger partial charge in [0, 0.05) is 30.7 Å². The highest BCUT2D eigenvalue weighted by atomic mass is 16.7. The van der Waals surface area contributed by atoms with Gasteiger partial charge in [0.05, 0.1) is 13.2 Å². The molecule has 5 heteroatoms. The number of hydrogen-bond donors (Lipinski definition) is 1. The van der Waals surface area contributed by atoms with Crippen LogP contribution in [0.3, 0.4) is 0 Å². The predicted octanol–water partition coefficient (Wildman–Crippen LogP) is 2.20. The minimum Gasteiger partial charge on any atom is -0.349 e. The number of imidazole rings is 1. The summed E-state index contributed by atoms with van der Waals surface area (Å²) in [5, 5.41) is 3.44. The third-order valence-electron chi connectivity index (χ3n) is 3.78. The van der Waals surface area contributed by atoms with E-state index in [2.05, 4.69) is 46.1 Å². The number of benzene rings is 1. The molecule has 0 amide bonds. The third kappa shape index (κ3) is 3.32. The Labute approximate surface area is 124 Å². The topological polar surface area (TPSA) is 48.3 Å². The Hall–Kier alpha value is -1.69. The van der Waals surface area contributed by atoms with Crippen LogP contribution in [0.15, 0.2) is 36.7 Å². The fourth-order valence-electron chi connectivity index (χ4n) is 2.49. The van der Waals surface area contributed by atoms with E-state index in [1.165, 1.54) is 5.56 Å². The first-order valence-electron chi connectivity index (χ1n) is 7.31. The number of ether oxygens (including phenoxy) is 2. The van der Waals surface area contributed by atoms with Gasteiger partial charge in [0.2, 0.25) is 0 Å². The van der Waals surface area contributed by atoms with Crippen LogP contribution in [0.2, 0.25) is 0 Å². The molecular formula is C16H21N3O2. The van der Waals surface area contributed by atoms with Crippen molar-refractivity contribution in [2.24, 2.45) is 0 Å². The maximum Gasteiger partial charge on any atom is 0.170 e. The zero-order valence-corrected chi connectivity index (χ0v) is 12.5. The molecule has 1 aromatic carbocycles. The van der Waals surface area contributed by atoms with Crippen molar-refractivity contribution in [2.45, 2.75) is 26.2 Å². The molecule has 5 nitrogen and oxygen atoms in total. The molecule has 1 fully saturated rings. The minimum absolute atomic E-state index is 0.111. The van der Waals surface area contributed by atoms with Gasteiger partial charge in [-0.05, 0) is 31.5 Å². The molecule has 0 bridgehead atoms. The summed E-state index contributed by atoms with van der Waals surface area (Å²) in [6.07, 6.45) is 3.68. The van der Waals surface area contributed by atoms with E-state index < -0.39 is 0 Å². The molecule has 0 saturated carbocycles. The standard InChI is InChI=1S/C16H21N3O2/c1-12(18-11-16-20-9-10-21-16)14-3-5-15(6-4-14)19-8-7-17-13(19)2/h3-8,12,16,18H,9-11H2,1-2H3. The van der Waals surface area contributed by atoms with Crippen molar-refractivity contribution in [3.63, 3.8) is 0 Å². The predicted molar refractivity (Wildman–Crippen MR) is 80.4 cm³/mol. The van der Waals surface area contributed by atoms with Gasteiger partial charge in [0.1, 0.15) is 5.82 Å². The molecule has 1 N–H and O–H groups in total. The summed E-state index contributed by atoms with van der Waals surface area (Å²) < 4.78 is 12.9. The number of aryl methyl sites for hydroxylation is 1. The lowest BCUT2D eigenvalue weighted by atomic mass is 10.1. The van der Waals surface area contributed by atoms with Gasteiger partial charge in [0.15, 0.2) is 6.29 Å². The van der Waals surface area contributed by atoms with Crippen molar-refractivity contribution in [1.82, 2.24) is 14.9 Å². The van der Waals surface area contributed by atoms with Gasteiger partial charge in [-0.15, -0.1) is 0 Å². The molecule has 0 aliphatic carbocycles. The van der Waals surface area contributed by atoms with Crippen LogP contribution >= 0.6 is 0 Å². The highest BCUT2D eigenvalue weighted by Gasteiger charge is 2.16. The maximum absolute atomic E-state index is 5.43. The van der Waals surface area contributed by atoms with Crippen molar-refractivity contribution >= 4 is 0 Å². The number of aromatic nitrogens is 2. The summed E-state index contributed by atoms with van der Waals surface area (Å²) in [6, 6.07) is 8.77. The highest BCUT2D eigenvalue weighted by molar-refractivity contribution is 5.36. The first-order valence-corrected chi connectivity index (χ1v) is 7.31. The van der Waals surface area contributed by atoms with E-state index in [1.54, 1.807) is 0 Å². The Morgan fingerprint density at radius 1 is 1.29 bits per heavy atom. The molecule has 3 rings (SSSR count). The Kier molecular flexibility index (Phi) is 4.34. The van der Waals surface area contributed by atoms with Crippen LogP contribution in [-0.2, 0) is 9.47 Å². The SMILES string of the molecule is Cc1nccn1-c1ccc(C(C)NCC2OCCO2)cc1. The summed E-state index contributed by atoms with van der Waals surface area (Å²) in [5.74, 6) is 0.990. The second-order valence-corrected chi connectivity index (χ2v) is 5.24. The lowest BCUT2D eigenvalue weighted by Gasteiger charge is -2.17. The Bertz CT molecular complexity index is 573. The van der Waals surface area contributed by atoms with E-state index in [-0.39, 0.29) is 12.3 Å². The van der Waals surface area contributed by atoms with Crippen molar-refractivity contribution in [1.29, 1.82) is 0 Å². The summed E-state index contributed by atoms with van der Waals surface area (Å²) >= 11 is 0. The molecular weight excluding hydrogens is 266 g/mol. The number of nitrogens with zero attached hydrogens (tertiary/aromatic N) is 2. The first kappa shape index (κ1) is 14.3. The van der Waals surface area contributed by atoms with Crippen molar-refractivity contribution in [3.8, 4) is 5.69 Å². The normalized spacial score (nSPS) is 17.2. The fraction of sp³-hybridized carbons (Fsp3) is 0.438. The quantitative estimate of drug-likeness (QED) is 0.916. The molecule has 0 radical (unpaired) electrons. The van der Waals surface area contributed by atoms with E-state index in [0.717, 1.165) is 11.5 Å². The summed E-state index contributed by atoms with van der Waals surface area (Å²) in [5.41, 5.74) is 2.37. The molecule has 21 heavy (non-hydrogen) atoms. The lowest BCUT2D eigenvalue weighted by Crippen LogP contribution is -2.29.